The van der Waals surface area contributed by atoms with Gasteiger partial charge in [-0.2, -0.15) is 0 Å². The van der Waals surface area contributed by atoms with Crippen LogP contribution in [-0.4, -0.2) is 96.7 Å². The average Bonchev–Trinajstić information content (AvgIpc) is 3.27. The van der Waals surface area contributed by atoms with E-state index in [0.717, 1.165) is 0 Å². The van der Waals surface area contributed by atoms with Crippen molar-refractivity contribution in [3.05, 3.63) is 146 Å². The van der Waals surface area contributed by atoms with Gasteiger partial charge >= 0.3 is 19.5 Å². The Bertz CT molecular complexity index is 2310. The first kappa shape index (κ1) is 48.6. The zero-order valence-corrected chi connectivity index (χ0v) is 35.6. The Morgan fingerprint density at radius 2 is 0.492 bits per heavy atom. The second-order valence-corrected chi connectivity index (χ2v) is 12.8. The maximum atomic E-state index is 9.37. The van der Waals surface area contributed by atoms with Crippen LogP contribution in [0.4, 0.5) is 0 Å². The van der Waals surface area contributed by atoms with E-state index in [-0.39, 0.29) is 30.4 Å². The summed E-state index contributed by atoms with van der Waals surface area (Å²) in [7, 11) is -10.6. The van der Waals surface area contributed by atoms with Crippen LogP contribution in [0, 0.1) is 0 Å². The average molecular weight is 918 g/mol. The van der Waals surface area contributed by atoms with Gasteiger partial charge in [-0.3, -0.25) is 29.9 Å². The number of aromatic nitrogens is 12. The number of pyridine rings is 6. The maximum Gasteiger partial charge on any atom is 2.00 e. The van der Waals surface area contributed by atoms with E-state index in [2.05, 4.69) is 68.5 Å². The van der Waals surface area contributed by atoms with E-state index in [1.165, 1.54) is 0 Å². The Balaban J connectivity index is 0.000000258. The Labute approximate surface area is 359 Å². The molecule has 0 spiro atoms. The molecule has 0 aromatic carbocycles. The number of rotatable bonds is 9. The second-order valence-electron chi connectivity index (χ2n) is 10.9. The molecule has 0 unspecified atom stereocenters. The van der Waals surface area contributed by atoms with Crippen LogP contribution in [0.15, 0.2) is 146 Å². The minimum Gasteiger partial charge on any atom is -0.724 e. The van der Waals surface area contributed by atoms with E-state index in [0.29, 0.717) is 69.1 Å². The molecule has 25 heteroatoms. The largest absolute Gasteiger partial charge is 2.00 e. The Kier molecular flexibility index (Phi) is 18.4. The summed E-state index contributed by atoms with van der Waals surface area (Å²) in [6.07, 6.45) is 10.3. The fraction of sp³-hybridized carbons (Fsp3) is 0. The molecule has 8 aromatic rings. The van der Waals surface area contributed by atoms with Gasteiger partial charge in [-0.1, -0.05) is 36.4 Å². The van der Waals surface area contributed by atoms with Gasteiger partial charge in [0.1, 0.15) is 34.2 Å². The summed E-state index contributed by atoms with van der Waals surface area (Å²) < 4.78 is 61.5. The smallest absolute Gasteiger partial charge is 0.724 e. The number of hydrogen-bond donors (Lipinski definition) is 0. The van der Waals surface area contributed by atoms with Gasteiger partial charge in [-0.15, -0.1) is 8.67 Å². The summed E-state index contributed by atoms with van der Waals surface area (Å²) in [5.41, 5.74) is 4.05. The van der Waals surface area contributed by atoms with Gasteiger partial charge in [0.2, 0.25) is 20.8 Å². The third-order valence-electron chi connectivity index (χ3n) is 6.83. The van der Waals surface area contributed by atoms with Crippen molar-refractivity contribution in [1.82, 2.24) is 59.8 Å². The maximum absolute atomic E-state index is 9.37. The molecule has 0 saturated heterocycles. The summed E-state index contributed by atoms with van der Waals surface area (Å²) in [6, 6.07) is 33.6. The molecule has 0 saturated carbocycles. The van der Waals surface area contributed by atoms with Gasteiger partial charge in [-0.05, 0) is 72.8 Å². The molecular formula is C36H28N12O10S2Zn. The topological polar surface area (TPSA) is 351 Å². The molecule has 61 heavy (non-hydrogen) atoms. The number of hydrogen-bond acceptors (Lipinski definition) is 20. The van der Waals surface area contributed by atoms with E-state index in [9.17, 15) is 25.9 Å². The third-order valence-corrected chi connectivity index (χ3v) is 7.38. The van der Waals surface area contributed by atoms with E-state index >= 15 is 0 Å². The first-order chi connectivity index (χ1) is 28.0. The quantitative estimate of drug-likeness (QED) is 0.0659. The van der Waals surface area contributed by atoms with Crippen molar-refractivity contribution in [2.24, 2.45) is 0 Å². The van der Waals surface area contributed by atoms with E-state index < -0.39 is 20.8 Å². The van der Waals surface area contributed by atoms with E-state index in [4.69, 9.17) is 0 Å². The van der Waals surface area contributed by atoms with Gasteiger partial charge in [0.05, 0.1) is 0 Å². The first-order valence-corrected chi connectivity index (χ1v) is 19.0. The Morgan fingerprint density at radius 1 is 0.328 bits per heavy atom. The molecule has 0 bridgehead atoms. The van der Waals surface area contributed by atoms with Crippen molar-refractivity contribution < 1.29 is 65.0 Å². The van der Waals surface area contributed by atoms with Crippen LogP contribution in [0.1, 0.15) is 0 Å². The summed E-state index contributed by atoms with van der Waals surface area (Å²) in [5.74, 6) is 2.96. The van der Waals surface area contributed by atoms with Crippen LogP contribution in [0.5, 0.6) is 0 Å². The zero-order chi connectivity index (χ0) is 40.8. The van der Waals surface area contributed by atoms with Gasteiger partial charge in [0, 0.05) is 37.2 Å². The van der Waals surface area contributed by atoms with Gasteiger partial charge in [0.15, 0.2) is 34.9 Å². The molecule has 8 aromatic heterocycles. The van der Waals surface area contributed by atoms with Crippen LogP contribution >= 0.6 is 0 Å². The molecule has 0 amide bonds. The first-order valence-electron chi connectivity index (χ1n) is 16.3. The van der Waals surface area contributed by atoms with Crippen molar-refractivity contribution in [3.8, 4) is 69.1 Å². The van der Waals surface area contributed by atoms with Crippen LogP contribution in [0.3, 0.4) is 0 Å². The zero-order valence-electron chi connectivity index (χ0n) is 31.0. The van der Waals surface area contributed by atoms with Gasteiger partial charge in [0.25, 0.3) is 0 Å². The molecule has 0 fully saturated rings. The predicted octanol–water partition coefficient (Wildman–Crippen LogP) is 2.32. The Morgan fingerprint density at radius 3 is 0.607 bits per heavy atom. The van der Waals surface area contributed by atoms with Crippen LogP contribution < -0.4 is 0 Å². The fourth-order valence-electron chi connectivity index (χ4n) is 4.48. The molecule has 22 nitrogen and oxygen atoms in total. The molecule has 0 aliphatic carbocycles. The molecule has 0 aliphatic rings. The van der Waals surface area contributed by atoms with Crippen LogP contribution in [0.2, 0.25) is 0 Å². The molecular weight excluding hydrogens is 890 g/mol. The molecule has 8 rings (SSSR count). The van der Waals surface area contributed by atoms with Crippen molar-refractivity contribution in [3.63, 3.8) is 0 Å². The van der Waals surface area contributed by atoms with Crippen LogP contribution in [0.25, 0.3) is 69.1 Å². The van der Waals surface area contributed by atoms with Crippen molar-refractivity contribution in [2.75, 3.05) is 0 Å². The predicted molar refractivity (Wildman–Crippen MR) is 208 cm³/mol. The molecule has 8 heterocycles. The number of nitrogens with zero attached hydrogens (tertiary/aromatic N) is 12. The third kappa shape index (κ3) is 15.1. The minimum absolute atomic E-state index is 0. The van der Waals surface area contributed by atoms with Gasteiger partial charge in [-0.25, -0.2) is 46.7 Å². The molecule has 0 aliphatic heterocycles. The van der Waals surface area contributed by atoms with Crippen molar-refractivity contribution in [1.29, 1.82) is 0 Å². The van der Waals surface area contributed by atoms with Crippen molar-refractivity contribution >= 4 is 20.8 Å². The summed E-state index contributed by atoms with van der Waals surface area (Å²) in [6.45, 7) is 0. The fourth-order valence-corrected chi connectivity index (χ4v) is 5.02. The Hall–Kier alpha value is -6.80. The summed E-state index contributed by atoms with van der Waals surface area (Å²) in [4.78, 5) is 53.1. The van der Waals surface area contributed by atoms with Crippen molar-refractivity contribution in [2.45, 2.75) is 0 Å². The molecule has 0 atom stereocenters. The monoisotopic (exact) mass is 916 g/mol. The standard InChI is InChI=1S/2C18H12N6.H2O8S2.2H2O.Zn/c2*1-4-10-19-13(7-1)16-22-17(14-8-2-5-11-20-14)24-18(23-16)15-9-3-6-12-21-15;1-9(2,3)7-8-10(4,5)6;;;/h2*1-12H;(H,1,2,3)(H,4,5,6);2*1H2;/q;;;;;+2/p-2. The normalized spacial score (nSPS) is 10.5. The van der Waals surface area contributed by atoms with E-state index in [1.54, 1.807) is 37.2 Å². The SMILES string of the molecule is O.O.O=S(=O)([O-])OOS(=O)(=O)[O-].[Zn+2].c1ccc(-c2nc(-c3ccccn3)nc(-c3ccccn3)n2)nc1.c1ccc(-c2nc(-c3ccccn3)nc(-c3ccccn3)n2)nc1. The van der Waals surface area contributed by atoms with E-state index in [1.807, 2.05) is 109 Å². The second kappa shape index (κ2) is 23.1. The molecule has 4 N–H and O–H groups in total. The molecule has 306 valence electrons. The van der Waals surface area contributed by atoms with Crippen LogP contribution in [-0.2, 0) is 48.9 Å². The van der Waals surface area contributed by atoms with Gasteiger partial charge < -0.3 is 20.1 Å². The summed E-state index contributed by atoms with van der Waals surface area (Å²) in [5, 5.41) is 0. The molecule has 0 radical (unpaired) electrons. The summed E-state index contributed by atoms with van der Waals surface area (Å²) >= 11 is 0. The minimum atomic E-state index is -5.31.